The zero-order valence-corrected chi connectivity index (χ0v) is 19.0. The summed E-state index contributed by atoms with van der Waals surface area (Å²) in [5.41, 5.74) is 0.644. The average molecular weight is 477 g/mol. The van der Waals surface area contributed by atoms with Crippen LogP contribution in [0.2, 0.25) is 10.0 Å². The second-order valence-corrected chi connectivity index (χ2v) is 9.01. The Morgan fingerprint density at radius 3 is 2.47 bits per heavy atom. The number of aliphatic hydroxyl groups excluding tert-OH is 1. The van der Waals surface area contributed by atoms with Crippen molar-refractivity contribution < 1.29 is 19.1 Å². The molecule has 1 fully saturated rings. The predicted molar refractivity (Wildman–Crippen MR) is 126 cm³/mol. The van der Waals surface area contributed by atoms with Gasteiger partial charge in [-0.15, -0.1) is 0 Å². The molecule has 32 heavy (non-hydrogen) atoms. The molecule has 1 aromatic heterocycles. The molecule has 1 atom stereocenters. The number of ether oxygens (including phenoxy) is 1. The molecule has 0 radical (unpaired) electrons. The lowest BCUT2D eigenvalue weighted by atomic mass is 9.91. The Labute approximate surface area is 196 Å². The second-order valence-electron chi connectivity index (χ2n) is 8.14. The lowest BCUT2D eigenvalue weighted by Crippen LogP contribution is -2.44. The molecule has 4 rings (SSSR count). The average Bonchev–Trinajstić information content (AvgIpc) is 3.21. The number of carbonyl (C=O) groups is 1. The van der Waals surface area contributed by atoms with Gasteiger partial charge in [0.1, 0.15) is 24.0 Å². The topological polar surface area (TPSA) is 83.7 Å². The molecular formula is C24H26Cl2N2O4. The highest BCUT2D eigenvalue weighted by atomic mass is 35.5. The Balaban J connectivity index is 1.16. The second kappa shape index (κ2) is 10.6. The number of fused-ring (bicyclic) bond motifs is 1. The van der Waals surface area contributed by atoms with Crippen LogP contribution in [0, 0.1) is 0 Å². The summed E-state index contributed by atoms with van der Waals surface area (Å²) in [5, 5.41) is 18.7. The van der Waals surface area contributed by atoms with Gasteiger partial charge >= 0.3 is 0 Å². The summed E-state index contributed by atoms with van der Waals surface area (Å²) in [4.78, 5) is 12.6. The van der Waals surface area contributed by atoms with Gasteiger partial charge in [-0.1, -0.05) is 23.2 Å². The lowest BCUT2D eigenvalue weighted by Gasteiger charge is -2.30. The summed E-state index contributed by atoms with van der Waals surface area (Å²) in [5.74, 6) is 0.770. The molecule has 2 aromatic carbocycles. The van der Waals surface area contributed by atoms with Gasteiger partial charge in [0.05, 0.1) is 0 Å². The molecule has 1 aliphatic carbocycles. The van der Waals surface area contributed by atoms with E-state index < -0.39 is 6.10 Å². The van der Waals surface area contributed by atoms with Crippen LogP contribution in [0.4, 0.5) is 0 Å². The van der Waals surface area contributed by atoms with Crippen molar-refractivity contribution in [3.8, 4) is 5.75 Å². The van der Waals surface area contributed by atoms with E-state index in [-0.39, 0.29) is 18.6 Å². The zero-order valence-electron chi connectivity index (χ0n) is 17.5. The third-order valence-electron chi connectivity index (χ3n) is 5.66. The Bertz CT molecular complexity index is 1050. The molecule has 0 aliphatic heterocycles. The SMILES string of the molecule is O=C(N[C@H]1CC[C@H](NC[C@@H](O)COc2ccc(Cl)cc2)CC1)c1cc2cc(Cl)ccc2o1. The van der Waals surface area contributed by atoms with Crippen LogP contribution in [0.15, 0.2) is 52.9 Å². The number of benzene rings is 2. The van der Waals surface area contributed by atoms with Crippen molar-refractivity contribution in [2.75, 3.05) is 13.2 Å². The van der Waals surface area contributed by atoms with Gasteiger partial charge in [-0.3, -0.25) is 4.79 Å². The highest BCUT2D eigenvalue weighted by Crippen LogP contribution is 2.24. The molecule has 1 saturated carbocycles. The smallest absolute Gasteiger partial charge is 0.287 e. The van der Waals surface area contributed by atoms with E-state index in [1.54, 1.807) is 48.5 Å². The van der Waals surface area contributed by atoms with Crippen molar-refractivity contribution in [1.82, 2.24) is 10.6 Å². The minimum Gasteiger partial charge on any atom is -0.491 e. The van der Waals surface area contributed by atoms with Gasteiger partial charge in [-0.05, 0) is 74.2 Å². The molecule has 0 saturated heterocycles. The maximum absolute atomic E-state index is 12.6. The fraction of sp³-hybridized carbons (Fsp3) is 0.375. The van der Waals surface area contributed by atoms with Crippen molar-refractivity contribution in [2.24, 2.45) is 0 Å². The summed E-state index contributed by atoms with van der Waals surface area (Å²) >= 11 is 11.9. The normalized spacial score (nSPS) is 19.6. The van der Waals surface area contributed by atoms with Crippen LogP contribution in [0.3, 0.4) is 0 Å². The minimum absolute atomic E-state index is 0.107. The number of hydrogen-bond acceptors (Lipinski definition) is 5. The summed E-state index contributed by atoms with van der Waals surface area (Å²) < 4.78 is 11.2. The number of hydrogen-bond donors (Lipinski definition) is 3. The Morgan fingerprint density at radius 1 is 1.03 bits per heavy atom. The molecule has 170 valence electrons. The van der Waals surface area contributed by atoms with E-state index in [0.29, 0.717) is 39.7 Å². The van der Waals surface area contributed by atoms with Crippen molar-refractivity contribution in [2.45, 2.75) is 43.9 Å². The van der Waals surface area contributed by atoms with E-state index in [9.17, 15) is 9.90 Å². The lowest BCUT2D eigenvalue weighted by molar-refractivity contribution is 0.0891. The van der Waals surface area contributed by atoms with Crippen LogP contribution in [0.5, 0.6) is 5.75 Å². The molecule has 0 unspecified atom stereocenters. The molecule has 6 nitrogen and oxygen atoms in total. The van der Waals surface area contributed by atoms with E-state index in [1.807, 2.05) is 0 Å². The van der Waals surface area contributed by atoms with Gasteiger partial charge in [0.15, 0.2) is 5.76 Å². The van der Waals surface area contributed by atoms with E-state index >= 15 is 0 Å². The van der Waals surface area contributed by atoms with Crippen molar-refractivity contribution in [3.05, 3.63) is 64.3 Å². The van der Waals surface area contributed by atoms with Gasteiger partial charge in [0, 0.05) is 34.1 Å². The molecule has 8 heteroatoms. The molecular weight excluding hydrogens is 451 g/mol. The van der Waals surface area contributed by atoms with Gasteiger partial charge in [-0.25, -0.2) is 0 Å². The summed E-state index contributed by atoms with van der Waals surface area (Å²) in [6.07, 6.45) is 2.97. The number of carbonyl (C=O) groups excluding carboxylic acids is 1. The van der Waals surface area contributed by atoms with Crippen molar-refractivity contribution in [1.29, 1.82) is 0 Å². The molecule has 0 bridgehead atoms. The monoisotopic (exact) mass is 476 g/mol. The highest BCUT2D eigenvalue weighted by Gasteiger charge is 2.24. The standard InChI is InChI=1S/C24H26Cl2N2O4/c25-16-1-8-21(9-2-16)31-14-20(29)13-27-18-4-6-19(7-5-18)28-24(30)23-12-15-11-17(26)3-10-22(15)32-23/h1-3,8-12,18-20,27,29H,4-7,13-14H2,(H,28,30)/t18-,19-,20-/m1/s1. The molecule has 3 N–H and O–H groups in total. The first-order chi connectivity index (χ1) is 15.5. The number of halogens is 2. The summed E-state index contributed by atoms with van der Waals surface area (Å²) in [6, 6.07) is 14.5. The van der Waals surface area contributed by atoms with Crippen LogP contribution < -0.4 is 15.4 Å². The van der Waals surface area contributed by atoms with Gasteiger partial charge < -0.3 is 24.9 Å². The van der Waals surface area contributed by atoms with E-state index in [0.717, 1.165) is 31.1 Å². The Hall–Kier alpha value is -2.25. The Morgan fingerprint density at radius 2 is 1.72 bits per heavy atom. The maximum Gasteiger partial charge on any atom is 0.287 e. The first kappa shape index (κ1) is 22.9. The summed E-state index contributed by atoms with van der Waals surface area (Å²) in [7, 11) is 0. The predicted octanol–water partition coefficient (Wildman–Crippen LogP) is 4.81. The molecule has 1 aliphatic rings. The van der Waals surface area contributed by atoms with Crippen LogP contribution in [0.25, 0.3) is 11.0 Å². The van der Waals surface area contributed by atoms with Crippen molar-refractivity contribution in [3.63, 3.8) is 0 Å². The fourth-order valence-electron chi connectivity index (χ4n) is 3.91. The number of aliphatic hydroxyl groups is 1. The molecule has 1 amide bonds. The molecule has 3 aromatic rings. The van der Waals surface area contributed by atoms with Gasteiger partial charge in [-0.2, -0.15) is 0 Å². The largest absolute Gasteiger partial charge is 0.491 e. The quantitative estimate of drug-likeness (QED) is 0.434. The first-order valence-corrected chi connectivity index (χ1v) is 11.5. The highest BCUT2D eigenvalue weighted by molar-refractivity contribution is 6.31. The maximum atomic E-state index is 12.6. The third kappa shape index (κ3) is 6.17. The van der Waals surface area contributed by atoms with Crippen molar-refractivity contribution >= 4 is 40.1 Å². The summed E-state index contributed by atoms with van der Waals surface area (Å²) in [6.45, 7) is 0.666. The number of rotatable bonds is 8. The van der Waals surface area contributed by atoms with Crippen LogP contribution in [0.1, 0.15) is 36.2 Å². The molecule has 0 spiro atoms. The van der Waals surface area contributed by atoms with Crippen LogP contribution in [-0.4, -0.2) is 42.4 Å². The molecule has 1 heterocycles. The minimum atomic E-state index is -0.607. The van der Waals surface area contributed by atoms with Gasteiger partial charge in [0.25, 0.3) is 5.91 Å². The number of amides is 1. The Kier molecular flexibility index (Phi) is 7.58. The number of furan rings is 1. The first-order valence-electron chi connectivity index (χ1n) is 10.8. The fourth-order valence-corrected chi connectivity index (χ4v) is 4.22. The number of nitrogens with one attached hydrogen (secondary N) is 2. The third-order valence-corrected chi connectivity index (χ3v) is 6.15. The van der Waals surface area contributed by atoms with Crippen LogP contribution >= 0.6 is 23.2 Å². The van der Waals surface area contributed by atoms with E-state index in [1.165, 1.54) is 0 Å². The van der Waals surface area contributed by atoms with E-state index in [2.05, 4.69) is 10.6 Å². The van der Waals surface area contributed by atoms with Crippen LogP contribution in [-0.2, 0) is 0 Å². The van der Waals surface area contributed by atoms with E-state index in [4.69, 9.17) is 32.4 Å². The zero-order chi connectivity index (χ0) is 22.5. The van der Waals surface area contributed by atoms with Gasteiger partial charge in [0.2, 0.25) is 0 Å².